The van der Waals surface area contributed by atoms with Crippen LogP contribution in [0.15, 0.2) is 36.5 Å². The number of benzene rings is 1. The van der Waals surface area contributed by atoms with Crippen molar-refractivity contribution in [2.24, 2.45) is 0 Å². The number of nitrogens with one attached hydrogen (secondary N) is 1. The number of hydrogen-bond acceptors (Lipinski definition) is 7. The predicted molar refractivity (Wildman–Crippen MR) is 103 cm³/mol. The van der Waals surface area contributed by atoms with E-state index < -0.39 is 23.5 Å². The topological polar surface area (TPSA) is 131 Å². The molecule has 0 saturated heterocycles. The number of amides is 1. The van der Waals surface area contributed by atoms with Crippen molar-refractivity contribution in [3.63, 3.8) is 0 Å². The maximum Gasteiger partial charge on any atom is 0.512 e. The lowest BCUT2D eigenvalue weighted by molar-refractivity contribution is 0.0927. The van der Waals surface area contributed by atoms with Crippen LogP contribution in [0.25, 0.3) is 10.9 Å². The number of methoxy groups -OCH3 is 1. The molecule has 3 N–H and O–H groups in total. The summed E-state index contributed by atoms with van der Waals surface area (Å²) in [4.78, 5) is 31.5. The Balaban J connectivity index is 2.02. The van der Waals surface area contributed by atoms with Crippen LogP contribution in [0.1, 0.15) is 21.6 Å². The van der Waals surface area contributed by atoms with Crippen LogP contribution in [-0.4, -0.2) is 52.5 Å². The summed E-state index contributed by atoms with van der Waals surface area (Å²) in [7, 11) is 1.46. The minimum atomic E-state index is -1.64. The molecular formula is C20H18FN3O6. The molecule has 0 atom stereocenters. The largest absolute Gasteiger partial charge is 0.512 e. The number of pyridine rings is 2. The quantitative estimate of drug-likeness (QED) is 0.396. The zero-order valence-electron chi connectivity index (χ0n) is 15.9. The van der Waals surface area contributed by atoms with E-state index in [1.165, 1.54) is 25.4 Å². The second-order valence-corrected chi connectivity index (χ2v) is 6.27. The first kappa shape index (κ1) is 20.9. The van der Waals surface area contributed by atoms with Gasteiger partial charge in [-0.3, -0.25) is 9.78 Å². The minimum Gasteiger partial charge on any atom is -0.504 e. The van der Waals surface area contributed by atoms with Gasteiger partial charge in [0.15, 0.2) is 11.4 Å². The van der Waals surface area contributed by atoms with Crippen LogP contribution in [0.2, 0.25) is 0 Å². The van der Waals surface area contributed by atoms with Crippen molar-refractivity contribution in [2.45, 2.75) is 6.42 Å². The molecule has 0 aliphatic heterocycles. The third-order valence-electron chi connectivity index (χ3n) is 4.15. The van der Waals surface area contributed by atoms with E-state index in [0.717, 1.165) is 5.56 Å². The number of carbonyl (C=O) groups is 2. The molecule has 156 valence electrons. The molecule has 1 aromatic carbocycles. The molecule has 2 aromatic heterocycles. The van der Waals surface area contributed by atoms with Gasteiger partial charge in [0.2, 0.25) is 5.88 Å². The third kappa shape index (κ3) is 4.78. The van der Waals surface area contributed by atoms with Gasteiger partial charge in [-0.15, -0.1) is 0 Å². The van der Waals surface area contributed by atoms with Gasteiger partial charge in [0.05, 0.1) is 12.0 Å². The zero-order chi connectivity index (χ0) is 21.7. The van der Waals surface area contributed by atoms with Gasteiger partial charge in [-0.2, -0.15) is 0 Å². The van der Waals surface area contributed by atoms with E-state index in [4.69, 9.17) is 14.6 Å². The van der Waals surface area contributed by atoms with Gasteiger partial charge in [-0.05, 0) is 35.7 Å². The summed E-state index contributed by atoms with van der Waals surface area (Å²) >= 11 is 0. The Morgan fingerprint density at radius 2 is 1.93 bits per heavy atom. The Morgan fingerprint density at radius 3 is 2.60 bits per heavy atom. The summed E-state index contributed by atoms with van der Waals surface area (Å²) in [6, 6.07) is 7.41. The molecule has 3 rings (SSSR count). The second-order valence-electron chi connectivity index (χ2n) is 6.27. The number of ether oxygens (including phenoxy) is 2. The first-order valence-corrected chi connectivity index (χ1v) is 8.83. The van der Waals surface area contributed by atoms with Crippen molar-refractivity contribution >= 4 is 23.0 Å². The predicted octanol–water partition coefficient (Wildman–Crippen LogP) is 2.50. The van der Waals surface area contributed by atoms with Crippen molar-refractivity contribution in [1.82, 2.24) is 15.3 Å². The normalized spacial score (nSPS) is 10.7. The number of carboxylic acid groups (broad SMARTS) is 1. The van der Waals surface area contributed by atoms with E-state index in [2.05, 4.69) is 15.3 Å². The highest BCUT2D eigenvalue weighted by Crippen LogP contribution is 2.33. The minimum absolute atomic E-state index is 0.0407. The van der Waals surface area contributed by atoms with E-state index in [9.17, 15) is 19.1 Å². The van der Waals surface area contributed by atoms with Gasteiger partial charge in [0.25, 0.3) is 5.91 Å². The summed E-state index contributed by atoms with van der Waals surface area (Å²) < 4.78 is 22.7. The van der Waals surface area contributed by atoms with Gasteiger partial charge in [-0.25, -0.2) is 14.2 Å². The highest BCUT2D eigenvalue weighted by atomic mass is 19.1. The van der Waals surface area contributed by atoms with E-state index >= 15 is 0 Å². The molecule has 3 aromatic rings. The summed E-state index contributed by atoms with van der Waals surface area (Å²) in [5.74, 6) is -2.00. The Morgan fingerprint density at radius 1 is 1.20 bits per heavy atom. The smallest absolute Gasteiger partial charge is 0.504 e. The number of aromatic nitrogens is 2. The van der Waals surface area contributed by atoms with Gasteiger partial charge in [0, 0.05) is 19.9 Å². The maximum atomic E-state index is 13.1. The lowest BCUT2D eigenvalue weighted by Gasteiger charge is -2.12. The van der Waals surface area contributed by atoms with E-state index in [-0.39, 0.29) is 35.8 Å². The number of carbonyl (C=O) groups excluding carboxylic acids is 1. The first-order chi connectivity index (χ1) is 14.4. The van der Waals surface area contributed by atoms with Crippen LogP contribution in [0, 0.1) is 5.82 Å². The molecule has 30 heavy (non-hydrogen) atoms. The lowest BCUT2D eigenvalue weighted by atomic mass is 10.0. The van der Waals surface area contributed by atoms with Crippen LogP contribution in [0.3, 0.4) is 0 Å². The molecule has 0 spiro atoms. The van der Waals surface area contributed by atoms with Gasteiger partial charge < -0.3 is 25.0 Å². The Labute approximate surface area is 170 Å². The highest BCUT2D eigenvalue weighted by molar-refractivity contribution is 6.02. The molecule has 0 radical (unpaired) electrons. The average Bonchev–Trinajstić information content (AvgIpc) is 2.71. The number of hydrogen-bond donors (Lipinski definition) is 3. The van der Waals surface area contributed by atoms with Crippen LogP contribution in [-0.2, 0) is 11.2 Å². The molecule has 0 aliphatic rings. The summed E-state index contributed by atoms with van der Waals surface area (Å²) in [6.45, 7) is 0.400. The van der Waals surface area contributed by atoms with Crippen molar-refractivity contribution in [3.8, 4) is 11.6 Å². The molecule has 10 heteroatoms. The zero-order valence-corrected chi connectivity index (χ0v) is 15.9. The summed E-state index contributed by atoms with van der Waals surface area (Å²) in [6.07, 6.45) is 0.197. The molecule has 0 aliphatic carbocycles. The fourth-order valence-electron chi connectivity index (χ4n) is 2.79. The number of nitrogens with zero attached hydrogens (tertiary/aromatic N) is 2. The van der Waals surface area contributed by atoms with E-state index in [0.29, 0.717) is 12.0 Å². The SMILES string of the molecule is COCCNC(=O)c1nc(OC(=O)O)c2cc(Cc3ccc(F)cc3)cnc2c1O. The van der Waals surface area contributed by atoms with Gasteiger partial charge >= 0.3 is 6.16 Å². The second kappa shape index (κ2) is 9.14. The molecule has 0 unspecified atom stereocenters. The van der Waals surface area contributed by atoms with Crippen LogP contribution >= 0.6 is 0 Å². The lowest BCUT2D eigenvalue weighted by Crippen LogP contribution is -2.28. The average molecular weight is 415 g/mol. The summed E-state index contributed by atoms with van der Waals surface area (Å²) in [5.41, 5.74) is 0.974. The van der Waals surface area contributed by atoms with E-state index in [1.54, 1.807) is 18.2 Å². The van der Waals surface area contributed by atoms with Gasteiger partial charge in [-0.1, -0.05) is 12.1 Å². The van der Waals surface area contributed by atoms with Crippen molar-refractivity contribution in [1.29, 1.82) is 0 Å². The fraction of sp³-hybridized carbons (Fsp3) is 0.200. The molecular weight excluding hydrogens is 397 g/mol. The third-order valence-corrected chi connectivity index (χ3v) is 4.15. The molecule has 9 nitrogen and oxygen atoms in total. The molecule has 0 saturated carbocycles. The Hall–Kier alpha value is -3.79. The maximum absolute atomic E-state index is 13.1. The summed E-state index contributed by atoms with van der Waals surface area (Å²) in [5, 5.41) is 22.1. The molecule has 0 fully saturated rings. The fourth-order valence-corrected chi connectivity index (χ4v) is 2.79. The Bertz CT molecular complexity index is 1090. The molecule has 2 heterocycles. The van der Waals surface area contributed by atoms with Crippen LogP contribution in [0.4, 0.5) is 9.18 Å². The molecule has 1 amide bonds. The first-order valence-electron chi connectivity index (χ1n) is 8.83. The van der Waals surface area contributed by atoms with Crippen molar-refractivity contribution in [2.75, 3.05) is 20.3 Å². The highest BCUT2D eigenvalue weighted by Gasteiger charge is 2.22. The van der Waals surface area contributed by atoms with Crippen molar-refractivity contribution < 1.29 is 33.7 Å². The standard InChI is InChI=1S/C20H18FN3O6/c1-29-7-6-22-18(26)16-17(25)15-14(19(24-16)30-20(27)28)9-12(10-23-15)8-11-2-4-13(21)5-3-11/h2-5,9-10,25H,6-8H2,1H3,(H,22,26)(H,27,28). The molecule has 0 bridgehead atoms. The van der Waals surface area contributed by atoms with E-state index in [1.807, 2.05) is 0 Å². The van der Waals surface area contributed by atoms with Gasteiger partial charge in [0.1, 0.15) is 11.3 Å². The number of rotatable bonds is 7. The number of fused-ring (bicyclic) bond motifs is 1. The van der Waals surface area contributed by atoms with Crippen LogP contribution in [0.5, 0.6) is 11.6 Å². The monoisotopic (exact) mass is 415 g/mol. The van der Waals surface area contributed by atoms with Crippen LogP contribution < -0.4 is 10.1 Å². The number of halogens is 1. The number of aromatic hydroxyl groups is 1. The van der Waals surface area contributed by atoms with Crippen molar-refractivity contribution in [3.05, 3.63) is 59.2 Å². The Kier molecular flexibility index (Phi) is 6.38.